The van der Waals surface area contributed by atoms with Gasteiger partial charge >= 0.3 is 5.69 Å². The van der Waals surface area contributed by atoms with Crippen molar-refractivity contribution in [3.05, 3.63) is 28.6 Å². The minimum absolute atomic E-state index is 0.0219. The highest BCUT2D eigenvalue weighted by Gasteiger charge is 2.21. The molecule has 0 saturated carbocycles. The number of nitro groups is 1. The lowest BCUT2D eigenvalue weighted by molar-refractivity contribution is -0.384. The molecule has 1 N–H and O–H groups in total. The lowest BCUT2D eigenvalue weighted by Gasteiger charge is -2.27. The van der Waals surface area contributed by atoms with Gasteiger partial charge in [-0.15, -0.1) is 0 Å². The predicted molar refractivity (Wildman–Crippen MR) is 68.0 cm³/mol. The molecule has 1 atom stereocenters. The minimum Gasteiger partial charge on any atom is -0.379 e. The van der Waals surface area contributed by atoms with E-state index in [1.165, 1.54) is 6.20 Å². The number of rotatable bonds is 4. The summed E-state index contributed by atoms with van der Waals surface area (Å²) in [7, 11) is 0. The van der Waals surface area contributed by atoms with Crippen LogP contribution < -0.4 is 5.32 Å². The van der Waals surface area contributed by atoms with Crippen molar-refractivity contribution in [2.24, 2.45) is 11.3 Å². The number of hydrogen-bond acceptors (Lipinski definition) is 4. The lowest BCUT2D eigenvalue weighted by atomic mass is 9.82. The molecular formula is C12H19N3O2. The Morgan fingerprint density at radius 3 is 2.71 bits per heavy atom. The SMILES string of the molecule is CC(CNc1ccncc1[N+](=O)[O-])C(C)(C)C. The Morgan fingerprint density at radius 1 is 1.53 bits per heavy atom. The molecule has 0 aliphatic heterocycles. The molecule has 17 heavy (non-hydrogen) atoms. The third-order valence-electron chi connectivity index (χ3n) is 3.07. The zero-order valence-electron chi connectivity index (χ0n) is 10.7. The maximum atomic E-state index is 10.8. The Balaban J connectivity index is 2.73. The van der Waals surface area contributed by atoms with Crippen LogP contribution in [0.3, 0.4) is 0 Å². The molecule has 0 aliphatic rings. The highest BCUT2D eigenvalue weighted by molar-refractivity contribution is 5.59. The van der Waals surface area contributed by atoms with Crippen molar-refractivity contribution in [1.82, 2.24) is 4.98 Å². The summed E-state index contributed by atoms with van der Waals surface area (Å²) in [4.78, 5) is 14.1. The van der Waals surface area contributed by atoms with E-state index < -0.39 is 4.92 Å². The van der Waals surface area contributed by atoms with Crippen molar-refractivity contribution < 1.29 is 4.92 Å². The minimum atomic E-state index is -0.420. The first kappa shape index (κ1) is 13.4. The van der Waals surface area contributed by atoms with Crippen molar-refractivity contribution in [1.29, 1.82) is 0 Å². The average Bonchev–Trinajstić information content (AvgIpc) is 2.24. The van der Waals surface area contributed by atoms with E-state index >= 15 is 0 Å². The van der Waals surface area contributed by atoms with E-state index in [0.717, 1.165) is 0 Å². The van der Waals surface area contributed by atoms with Gasteiger partial charge in [0.25, 0.3) is 0 Å². The summed E-state index contributed by atoms with van der Waals surface area (Å²) in [6, 6.07) is 1.63. The summed E-state index contributed by atoms with van der Waals surface area (Å²) in [6.45, 7) is 9.29. The van der Waals surface area contributed by atoms with Crippen molar-refractivity contribution >= 4 is 11.4 Å². The molecule has 0 saturated heterocycles. The molecule has 5 nitrogen and oxygen atoms in total. The summed E-state index contributed by atoms with van der Waals surface area (Å²) >= 11 is 0. The molecule has 1 unspecified atom stereocenters. The standard InChI is InChI=1S/C12H19N3O2/c1-9(12(2,3)4)7-14-10-5-6-13-8-11(10)15(16)17/h5-6,8-9H,7H2,1-4H3,(H,13,14). The third-order valence-corrected chi connectivity index (χ3v) is 3.07. The Bertz CT molecular complexity index is 399. The van der Waals surface area contributed by atoms with E-state index in [4.69, 9.17) is 0 Å². The Kier molecular flexibility index (Phi) is 4.04. The van der Waals surface area contributed by atoms with E-state index in [1.807, 2.05) is 0 Å². The van der Waals surface area contributed by atoms with E-state index in [2.05, 4.69) is 38.0 Å². The van der Waals surface area contributed by atoms with Crippen molar-refractivity contribution in [2.75, 3.05) is 11.9 Å². The number of hydrogen-bond donors (Lipinski definition) is 1. The molecule has 0 fully saturated rings. The van der Waals surface area contributed by atoms with E-state index in [9.17, 15) is 10.1 Å². The van der Waals surface area contributed by atoms with Crippen LogP contribution in [0.1, 0.15) is 27.7 Å². The molecule has 0 aliphatic carbocycles. The molecule has 1 aromatic heterocycles. The predicted octanol–water partition coefficient (Wildman–Crippen LogP) is 3.08. The fourth-order valence-corrected chi connectivity index (χ4v) is 1.25. The average molecular weight is 237 g/mol. The van der Waals surface area contributed by atoms with Gasteiger partial charge < -0.3 is 5.32 Å². The van der Waals surface area contributed by atoms with Crippen LogP contribution >= 0.6 is 0 Å². The van der Waals surface area contributed by atoms with E-state index in [1.54, 1.807) is 12.3 Å². The van der Waals surface area contributed by atoms with Gasteiger partial charge in [0.2, 0.25) is 0 Å². The van der Waals surface area contributed by atoms with E-state index in [-0.39, 0.29) is 11.1 Å². The van der Waals surface area contributed by atoms with Gasteiger partial charge in [-0.05, 0) is 17.4 Å². The van der Waals surface area contributed by atoms with Crippen molar-refractivity contribution in [3.63, 3.8) is 0 Å². The Labute approximate surface area is 101 Å². The molecule has 1 aromatic rings. The van der Waals surface area contributed by atoms with Gasteiger partial charge in [0.1, 0.15) is 11.9 Å². The zero-order chi connectivity index (χ0) is 13.1. The largest absolute Gasteiger partial charge is 0.379 e. The van der Waals surface area contributed by atoms with Crippen LogP contribution in [-0.4, -0.2) is 16.5 Å². The molecule has 0 spiro atoms. The first-order valence-electron chi connectivity index (χ1n) is 5.64. The zero-order valence-corrected chi connectivity index (χ0v) is 10.7. The summed E-state index contributed by atoms with van der Waals surface area (Å²) in [5.74, 6) is 0.412. The third kappa shape index (κ3) is 3.69. The van der Waals surface area contributed by atoms with Crippen LogP contribution in [0.15, 0.2) is 18.5 Å². The summed E-state index contributed by atoms with van der Waals surface area (Å²) in [6.07, 6.45) is 2.82. The van der Waals surface area contributed by atoms with Gasteiger partial charge in [-0.1, -0.05) is 27.7 Å². The molecule has 0 radical (unpaired) electrons. The Hall–Kier alpha value is -1.65. The fraction of sp³-hybridized carbons (Fsp3) is 0.583. The fourth-order valence-electron chi connectivity index (χ4n) is 1.25. The van der Waals surface area contributed by atoms with Gasteiger partial charge in [-0.2, -0.15) is 0 Å². The van der Waals surface area contributed by atoms with Crippen LogP contribution in [0.2, 0.25) is 0 Å². The number of pyridine rings is 1. The molecule has 94 valence electrons. The molecule has 5 heteroatoms. The molecule has 0 amide bonds. The van der Waals surface area contributed by atoms with Gasteiger partial charge in [0.15, 0.2) is 0 Å². The van der Waals surface area contributed by atoms with Crippen LogP contribution in [0.4, 0.5) is 11.4 Å². The molecular weight excluding hydrogens is 218 g/mol. The monoisotopic (exact) mass is 237 g/mol. The van der Waals surface area contributed by atoms with Gasteiger partial charge in [0.05, 0.1) is 4.92 Å². The van der Waals surface area contributed by atoms with Crippen LogP contribution in [0, 0.1) is 21.4 Å². The van der Waals surface area contributed by atoms with Crippen LogP contribution in [-0.2, 0) is 0 Å². The van der Waals surface area contributed by atoms with Gasteiger partial charge in [-0.3, -0.25) is 15.1 Å². The normalized spacial score (nSPS) is 13.2. The summed E-state index contributed by atoms with van der Waals surface area (Å²) < 4.78 is 0. The molecule has 1 rings (SSSR count). The molecule has 0 bridgehead atoms. The quantitative estimate of drug-likeness (QED) is 0.645. The topological polar surface area (TPSA) is 68.1 Å². The smallest absolute Gasteiger partial charge is 0.310 e. The number of nitrogens with zero attached hydrogens (tertiary/aromatic N) is 2. The second-order valence-corrected chi connectivity index (χ2v) is 5.30. The first-order valence-corrected chi connectivity index (χ1v) is 5.64. The van der Waals surface area contributed by atoms with Gasteiger partial charge in [0, 0.05) is 12.7 Å². The highest BCUT2D eigenvalue weighted by atomic mass is 16.6. The second-order valence-electron chi connectivity index (χ2n) is 5.30. The van der Waals surface area contributed by atoms with Gasteiger partial charge in [-0.25, -0.2) is 0 Å². The maximum absolute atomic E-state index is 10.8. The highest BCUT2D eigenvalue weighted by Crippen LogP contribution is 2.27. The van der Waals surface area contributed by atoms with Crippen molar-refractivity contribution in [3.8, 4) is 0 Å². The second kappa shape index (κ2) is 5.12. The Morgan fingerprint density at radius 2 is 2.18 bits per heavy atom. The number of nitrogens with one attached hydrogen (secondary N) is 1. The maximum Gasteiger partial charge on any atom is 0.310 e. The lowest BCUT2D eigenvalue weighted by Crippen LogP contribution is -2.25. The summed E-state index contributed by atoms with van der Waals surface area (Å²) in [5.41, 5.74) is 0.726. The summed E-state index contributed by atoms with van der Waals surface area (Å²) in [5, 5.41) is 13.9. The molecule has 1 heterocycles. The van der Waals surface area contributed by atoms with E-state index in [0.29, 0.717) is 18.2 Å². The molecule has 0 aromatic carbocycles. The first-order chi connectivity index (χ1) is 7.82. The van der Waals surface area contributed by atoms with Crippen molar-refractivity contribution in [2.45, 2.75) is 27.7 Å². The van der Waals surface area contributed by atoms with Crippen LogP contribution in [0.25, 0.3) is 0 Å². The van der Waals surface area contributed by atoms with Crippen LogP contribution in [0.5, 0.6) is 0 Å². The number of anilines is 1. The number of aromatic nitrogens is 1.